The number of hydrogen-bond donors (Lipinski definition) is 0. The summed E-state index contributed by atoms with van der Waals surface area (Å²) in [5, 5.41) is 0.900. The SMILES string of the molecule is CSc1ccc(Cl)c(C(=O)N2CCN(Cc3c(F)cccc3Cl)CC2)c1. The van der Waals surface area contributed by atoms with Gasteiger partial charge in [-0.05, 0) is 36.6 Å². The minimum absolute atomic E-state index is 0.0607. The first kappa shape index (κ1) is 19.5. The van der Waals surface area contributed by atoms with Gasteiger partial charge in [-0.2, -0.15) is 0 Å². The molecule has 2 aromatic rings. The lowest BCUT2D eigenvalue weighted by Crippen LogP contribution is -2.48. The molecule has 1 heterocycles. The smallest absolute Gasteiger partial charge is 0.255 e. The number of halogens is 3. The fraction of sp³-hybridized carbons (Fsp3) is 0.316. The van der Waals surface area contributed by atoms with Gasteiger partial charge in [0.15, 0.2) is 0 Å². The molecule has 0 saturated carbocycles. The molecule has 0 unspecified atom stereocenters. The number of rotatable bonds is 4. The van der Waals surface area contributed by atoms with Crippen molar-refractivity contribution in [1.82, 2.24) is 9.80 Å². The van der Waals surface area contributed by atoms with Crippen molar-refractivity contribution in [2.75, 3.05) is 32.4 Å². The zero-order valence-corrected chi connectivity index (χ0v) is 16.7. The Morgan fingerprint density at radius 3 is 2.50 bits per heavy atom. The van der Waals surface area contributed by atoms with E-state index < -0.39 is 0 Å². The molecule has 3 rings (SSSR count). The Hall–Kier alpha value is -1.27. The van der Waals surface area contributed by atoms with Gasteiger partial charge in [-0.1, -0.05) is 29.3 Å². The fourth-order valence-corrected chi connectivity index (χ4v) is 3.84. The van der Waals surface area contributed by atoms with Gasteiger partial charge >= 0.3 is 0 Å². The molecule has 0 aliphatic carbocycles. The summed E-state index contributed by atoms with van der Waals surface area (Å²) in [5.74, 6) is -0.355. The first-order valence-electron chi connectivity index (χ1n) is 8.27. The van der Waals surface area contributed by atoms with Gasteiger partial charge < -0.3 is 4.90 Å². The molecule has 1 fully saturated rings. The Bertz CT molecular complexity index is 790. The molecule has 1 saturated heterocycles. The van der Waals surface area contributed by atoms with Gasteiger partial charge in [-0.3, -0.25) is 9.69 Å². The first-order chi connectivity index (χ1) is 12.5. The molecular weight excluding hydrogens is 394 g/mol. The van der Waals surface area contributed by atoms with E-state index in [1.165, 1.54) is 6.07 Å². The molecule has 0 atom stereocenters. The third-order valence-electron chi connectivity index (χ3n) is 4.51. The zero-order valence-electron chi connectivity index (χ0n) is 14.3. The predicted octanol–water partition coefficient (Wildman–Crippen LogP) is 4.81. The molecular formula is C19H19Cl2FN2OS. The lowest BCUT2D eigenvalue weighted by Gasteiger charge is -2.35. The van der Waals surface area contributed by atoms with Crippen molar-refractivity contribution < 1.29 is 9.18 Å². The van der Waals surface area contributed by atoms with Gasteiger partial charge in [0.05, 0.1) is 10.6 Å². The van der Waals surface area contributed by atoms with E-state index in [-0.39, 0.29) is 11.7 Å². The normalized spacial score (nSPS) is 15.3. The van der Waals surface area contributed by atoms with Crippen molar-refractivity contribution >= 4 is 40.9 Å². The van der Waals surface area contributed by atoms with Crippen LogP contribution in [0.4, 0.5) is 4.39 Å². The van der Waals surface area contributed by atoms with Crippen molar-refractivity contribution in [2.45, 2.75) is 11.4 Å². The molecule has 0 aromatic heterocycles. The second kappa shape index (κ2) is 8.61. The number of thioether (sulfide) groups is 1. The Balaban J connectivity index is 1.64. The number of carbonyl (C=O) groups is 1. The molecule has 1 amide bonds. The largest absolute Gasteiger partial charge is 0.336 e. The highest BCUT2D eigenvalue weighted by Crippen LogP contribution is 2.25. The van der Waals surface area contributed by atoms with Gasteiger partial charge in [0.1, 0.15) is 5.82 Å². The highest BCUT2D eigenvalue weighted by atomic mass is 35.5. The number of nitrogens with zero attached hydrogens (tertiary/aromatic N) is 2. The van der Waals surface area contributed by atoms with Crippen LogP contribution in [0.5, 0.6) is 0 Å². The Kier molecular flexibility index (Phi) is 6.46. The minimum atomic E-state index is -0.295. The van der Waals surface area contributed by atoms with E-state index in [0.29, 0.717) is 53.9 Å². The average Bonchev–Trinajstić information content (AvgIpc) is 2.65. The van der Waals surface area contributed by atoms with E-state index in [1.807, 2.05) is 18.4 Å². The molecule has 0 radical (unpaired) electrons. The highest BCUT2D eigenvalue weighted by Gasteiger charge is 2.24. The molecule has 7 heteroatoms. The summed E-state index contributed by atoms with van der Waals surface area (Å²) in [7, 11) is 0. The fourth-order valence-electron chi connectivity index (χ4n) is 2.98. The van der Waals surface area contributed by atoms with Crippen LogP contribution in [0.1, 0.15) is 15.9 Å². The average molecular weight is 413 g/mol. The number of carbonyl (C=O) groups excluding carboxylic acids is 1. The maximum Gasteiger partial charge on any atom is 0.255 e. The van der Waals surface area contributed by atoms with Crippen LogP contribution in [0.25, 0.3) is 0 Å². The number of benzene rings is 2. The molecule has 1 aliphatic heterocycles. The maximum absolute atomic E-state index is 14.0. The molecule has 0 N–H and O–H groups in total. The summed E-state index contributed by atoms with van der Waals surface area (Å²) in [4.78, 5) is 17.7. The van der Waals surface area contributed by atoms with E-state index in [4.69, 9.17) is 23.2 Å². The van der Waals surface area contributed by atoms with E-state index in [0.717, 1.165) is 4.90 Å². The summed E-state index contributed by atoms with van der Waals surface area (Å²) in [5.41, 5.74) is 1.04. The molecule has 26 heavy (non-hydrogen) atoms. The highest BCUT2D eigenvalue weighted by molar-refractivity contribution is 7.98. The Morgan fingerprint density at radius 2 is 1.85 bits per heavy atom. The van der Waals surface area contributed by atoms with Crippen molar-refractivity contribution in [3.63, 3.8) is 0 Å². The number of piperazine rings is 1. The third-order valence-corrected chi connectivity index (χ3v) is 5.92. The van der Waals surface area contributed by atoms with Gasteiger partial charge in [-0.25, -0.2) is 4.39 Å². The Labute approximate surface area is 167 Å². The molecule has 0 bridgehead atoms. The predicted molar refractivity (Wildman–Crippen MR) is 106 cm³/mol. The van der Waals surface area contributed by atoms with Crippen LogP contribution in [0.2, 0.25) is 10.0 Å². The lowest BCUT2D eigenvalue weighted by molar-refractivity contribution is 0.0627. The van der Waals surface area contributed by atoms with Crippen LogP contribution >= 0.6 is 35.0 Å². The zero-order chi connectivity index (χ0) is 18.7. The quantitative estimate of drug-likeness (QED) is 0.672. The van der Waals surface area contributed by atoms with Crippen LogP contribution in [0, 0.1) is 5.82 Å². The van der Waals surface area contributed by atoms with Gasteiger partial charge in [0, 0.05) is 48.2 Å². The van der Waals surface area contributed by atoms with Gasteiger partial charge in [-0.15, -0.1) is 11.8 Å². The minimum Gasteiger partial charge on any atom is -0.336 e. The second-order valence-electron chi connectivity index (χ2n) is 6.11. The summed E-state index contributed by atoms with van der Waals surface area (Å²) < 4.78 is 14.0. The molecule has 1 aliphatic rings. The summed E-state index contributed by atoms with van der Waals surface area (Å²) in [6, 6.07) is 10.2. The summed E-state index contributed by atoms with van der Waals surface area (Å²) in [6.07, 6.45) is 1.96. The van der Waals surface area contributed by atoms with Crippen LogP contribution in [0.3, 0.4) is 0 Å². The van der Waals surface area contributed by atoms with Gasteiger partial charge in [0.25, 0.3) is 5.91 Å². The van der Waals surface area contributed by atoms with Crippen LogP contribution < -0.4 is 0 Å². The van der Waals surface area contributed by atoms with Crippen LogP contribution in [-0.4, -0.2) is 48.1 Å². The third kappa shape index (κ3) is 4.34. The van der Waals surface area contributed by atoms with E-state index in [9.17, 15) is 9.18 Å². The van der Waals surface area contributed by atoms with E-state index >= 15 is 0 Å². The topological polar surface area (TPSA) is 23.6 Å². The van der Waals surface area contributed by atoms with E-state index in [2.05, 4.69) is 4.90 Å². The van der Waals surface area contributed by atoms with Crippen molar-refractivity contribution in [3.05, 3.63) is 63.4 Å². The second-order valence-corrected chi connectivity index (χ2v) is 7.81. The summed E-state index contributed by atoms with van der Waals surface area (Å²) in [6.45, 7) is 2.91. The van der Waals surface area contributed by atoms with Crippen molar-refractivity contribution in [3.8, 4) is 0 Å². The van der Waals surface area contributed by atoms with Crippen molar-refractivity contribution in [1.29, 1.82) is 0 Å². The standard InChI is InChI=1S/C19H19Cl2FN2OS/c1-26-13-5-6-17(21)14(11-13)19(25)24-9-7-23(8-10-24)12-15-16(20)3-2-4-18(15)22/h2-6,11H,7-10,12H2,1H3. The molecule has 3 nitrogen and oxygen atoms in total. The van der Waals surface area contributed by atoms with E-state index in [1.54, 1.807) is 34.9 Å². The van der Waals surface area contributed by atoms with Crippen LogP contribution in [-0.2, 0) is 6.54 Å². The number of amides is 1. The first-order valence-corrected chi connectivity index (χ1v) is 10.3. The lowest BCUT2D eigenvalue weighted by atomic mass is 10.1. The maximum atomic E-state index is 14.0. The van der Waals surface area contributed by atoms with Crippen molar-refractivity contribution in [2.24, 2.45) is 0 Å². The Morgan fingerprint density at radius 1 is 1.12 bits per heavy atom. The molecule has 138 valence electrons. The molecule has 0 spiro atoms. The monoisotopic (exact) mass is 412 g/mol. The van der Waals surface area contributed by atoms with Gasteiger partial charge in [0.2, 0.25) is 0 Å². The number of hydrogen-bond acceptors (Lipinski definition) is 3. The van der Waals surface area contributed by atoms with Crippen LogP contribution in [0.15, 0.2) is 41.3 Å². The summed E-state index contributed by atoms with van der Waals surface area (Å²) >= 11 is 13.9. The molecule has 2 aromatic carbocycles.